The van der Waals surface area contributed by atoms with Crippen molar-refractivity contribution in [1.82, 2.24) is 9.88 Å². The molecule has 0 bridgehead atoms. The van der Waals surface area contributed by atoms with Crippen molar-refractivity contribution >= 4 is 38.3 Å². The summed E-state index contributed by atoms with van der Waals surface area (Å²) in [7, 11) is 0. The average molecular weight is 310 g/mol. The molecule has 2 aromatic rings. The first-order chi connectivity index (χ1) is 9.72. The summed E-state index contributed by atoms with van der Waals surface area (Å²) in [4.78, 5) is 7.17. The quantitative estimate of drug-likeness (QED) is 0.915. The van der Waals surface area contributed by atoms with Crippen LogP contribution in [0.15, 0.2) is 18.2 Å². The fourth-order valence-electron chi connectivity index (χ4n) is 2.70. The Kier molecular flexibility index (Phi) is 4.44. The Hall–Kier alpha value is -0.840. The van der Waals surface area contributed by atoms with Crippen molar-refractivity contribution in [2.45, 2.75) is 32.2 Å². The van der Waals surface area contributed by atoms with Gasteiger partial charge in [0, 0.05) is 17.6 Å². The number of fused-ring (bicyclic) bond motifs is 1. The van der Waals surface area contributed by atoms with Crippen molar-refractivity contribution in [3.8, 4) is 0 Å². The summed E-state index contributed by atoms with van der Waals surface area (Å²) in [6, 6.07) is 6.41. The molecule has 1 saturated heterocycles. The van der Waals surface area contributed by atoms with E-state index in [-0.39, 0.29) is 0 Å². The van der Waals surface area contributed by atoms with E-state index in [1.807, 2.05) is 18.2 Å². The van der Waals surface area contributed by atoms with Crippen molar-refractivity contribution in [2.75, 3.05) is 25.0 Å². The summed E-state index contributed by atoms with van der Waals surface area (Å²) in [6.45, 7) is 5.71. The van der Waals surface area contributed by atoms with Gasteiger partial charge in [-0.1, -0.05) is 29.4 Å². The van der Waals surface area contributed by atoms with Gasteiger partial charge in [0.2, 0.25) is 0 Å². The first-order valence-corrected chi connectivity index (χ1v) is 8.46. The molecule has 0 amide bonds. The Balaban J connectivity index is 1.61. The van der Waals surface area contributed by atoms with Gasteiger partial charge in [-0.15, -0.1) is 0 Å². The number of anilines is 1. The zero-order valence-electron chi connectivity index (χ0n) is 11.7. The van der Waals surface area contributed by atoms with Gasteiger partial charge in [-0.05, 0) is 51.1 Å². The van der Waals surface area contributed by atoms with Crippen LogP contribution in [0, 0.1) is 0 Å². The van der Waals surface area contributed by atoms with Crippen LogP contribution in [0.3, 0.4) is 0 Å². The van der Waals surface area contributed by atoms with Crippen molar-refractivity contribution in [1.29, 1.82) is 0 Å². The van der Waals surface area contributed by atoms with Crippen LogP contribution in [0.2, 0.25) is 5.02 Å². The molecular weight excluding hydrogens is 290 g/mol. The normalized spacial score (nSPS) is 18.3. The predicted molar refractivity (Wildman–Crippen MR) is 88.0 cm³/mol. The van der Waals surface area contributed by atoms with E-state index >= 15 is 0 Å². The molecule has 0 radical (unpaired) electrons. The molecule has 1 aliphatic rings. The number of piperidine rings is 1. The van der Waals surface area contributed by atoms with Gasteiger partial charge in [0.25, 0.3) is 0 Å². The largest absolute Gasteiger partial charge is 0.360 e. The molecular formula is C15H20ClN3S. The van der Waals surface area contributed by atoms with Gasteiger partial charge in [0.1, 0.15) is 0 Å². The van der Waals surface area contributed by atoms with Gasteiger partial charge in [-0.2, -0.15) is 0 Å². The molecule has 3 nitrogen and oxygen atoms in total. The first kappa shape index (κ1) is 14.1. The fourth-order valence-corrected chi connectivity index (χ4v) is 3.85. The summed E-state index contributed by atoms with van der Waals surface area (Å²) < 4.78 is 1.14. The highest BCUT2D eigenvalue weighted by Crippen LogP contribution is 2.28. The standard InChI is InChI=1S/C15H20ClN3S/c1-11(19-7-3-2-4-8-19)10-17-15-18-13-6-5-12(16)9-14(13)20-15/h5-6,9,11H,2-4,7-8,10H2,1H3,(H,17,18). The molecule has 1 atom stereocenters. The molecule has 0 spiro atoms. The number of likely N-dealkylation sites (tertiary alicyclic amines) is 1. The molecule has 108 valence electrons. The van der Waals surface area contributed by atoms with Crippen molar-refractivity contribution in [3.63, 3.8) is 0 Å². The zero-order valence-corrected chi connectivity index (χ0v) is 13.3. The molecule has 1 aliphatic heterocycles. The lowest BCUT2D eigenvalue weighted by Crippen LogP contribution is -2.41. The van der Waals surface area contributed by atoms with E-state index in [4.69, 9.17) is 11.6 Å². The Morgan fingerprint density at radius 3 is 2.95 bits per heavy atom. The smallest absolute Gasteiger partial charge is 0.183 e. The van der Waals surface area contributed by atoms with Gasteiger partial charge >= 0.3 is 0 Å². The van der Waals surface area contributed by atoms with E-state index in [1.54, 1.807) is 11.3 Å². The Bertz CT molecular complexity index is 578. The number of nitrogens with zero attached hydrogens (tertiary/aromatic N) is 2. The van der Waals surface area contributed by atoms with Gasteiger partial charge < -0.3 is 5.32 Å². The second kappa shape index (κ2) is 6.29. The highest BCUT2D eigenvalue weighted by atomic mass is 35.5. The average Bonchev–Trinajstić information content (AvgIpc) is 2.87. The number of hydrogen-bond donors (Lipinski definition) is 1. The molecule has 1 unspecified atom stereocenters. The van der Waals surface area contributed by atoms with Crippen LogP contribution in [0.25, 0.3) is 10.2 Å². The minimum atomic E-state index is 0.561. The first-order valence-electron chi connectivity index (χ1n) is 7.26. The van der Waals surface area contributed by atoms with Gasteiger partial charge in [-0.25, -0.2) is 4.98 Å². The molecule has 0 saturated carbocycles. The molecule has 1 fully saturated rings. The van der Waals surface area contributed by atoms with Gasteiger partial charge in [0.15, 0.2) is 5.13 Å². The highest BCUT2D eigenvalue weighted by Gasteiger charge is 2.16. The maximum Gasteiger partial charge on any atom is 0.183 e. The summed E-state index contributed by atoms with van der Waals surface area (Å²) in [6.07, 6.45) is 4.06. The maximum atomic E-state index is 6.01. The van der Waals surface area contributed by atoms with Crippen molar-refractivity contribution in [3.05, 3.63) is 23.2 Å². The molecule has 0 aliphatic carbocycles. The lowest BCUT2D eigenvalue weighted by Gasteiger charge is -2.32. The number of halogens is 1. The minimum absolute atomic E-state index is 0.561. The third-order valence-corrected chi connectivity index (χ3v) is 5.12. The van der Waals surface area contributed by atoms with Crippen LogP contribution >= 0.6 is 22.9 Å². The van der Waals surface area contributed by atoms with Crippen LogP contribution in [-0.4, -0.2) is 35.6 Å². The van der Waals surface area contributed by atoms with Crippen LogP contribution in [-0.2, 0) is 0 Å². The second-order valence-corrected chi connectivity index (χ2v) is 6.92. The van der Waals surface area contributed by atoms with Gasteiger partial charge in [-0.3, -0.25) is 4.90 Å². The topological polar surface area (TPSA) is 28.2 Å². The lowest BCUT2D eigenvalue weighted by atomic mass is 10.1. The highest BCUT2D eigenvalue weighted by molar-refractivity contribution is 7.22. The molecule has 1 N–H and O–H groups in total. The number of benzene rings is 1. The number of nitrogens with one attached hydrogen (secondary N) is 1. The SMILES string of the molecule is CC(CNc1nc2ccc(Cl)cc2s1)N1CCCCC1. The van der Waals surface area contributed by atoms with E-state index in [0.717, 1.165) is 26.9 Å². The molecule has 20 heavy (non-hydrogen) atoms. The van der Waals surface area contributed by atoms with E-state index < -0.39 is 0 Å². The molecule has 1 aromatic heterocycles. The number of rotatable bonds is 4. The third-order valence-electron chi connectivity index (χ3n) is 3.91. The Morgan fingerprint density at radius 2 is 2.15 bits per heavy atom. The van der Waals surface area contributed by atoms with E-state index in [0.29, 0.717) is 6.04 Å². The summed E-state index contributed by atoms with van der Waals surface area (Å²) in [5.74, 6) is 0. The van der Waals surface area contributed by atoms with Gasteiger partial charge in [0.05, 0.1) is 10.2 Å². The zero-order chi connectivity index (χ0) is 13.9. The third kappa shape index (κ3) is 3.25. The summed E-state index contributed by atoms with van der Waals surface area (Å²) in [5.41, 5.74) is 1.02. The Labute approximate surface area is 128 Å². The summed E-state index contributed by atoms with van der Waals surface area (Å²) >= 11 is 7.68. The maximum absolute atomic E-state index is 6.01. The van der Waals surface area contributed by atoms with E-state index in [1.165, 1.54) is 32.4 Å². The van der Waals surface area contributed by atoms with E-state index in [9.17, 15) is 0 Å². The molecule has 3 rings (SSSR count). The summed E-state index contributed by atoms with van der Waals surface area (Å²) in [5, 5.41) is 5.24. The number of aromatic nitrogens is 1. The van der Waals surface area contributed by atoms with Crippen molar-refractivity contribution < 1.29 is 0 Å². The van der Waals surface area contributed by atoms with Crippen molar-refractivity contribution in [2.24, 2.45) is 0 Å². The lowest BCUT2D eigenvalue weighted by molar-refractivity contribution is 0.180. The van der Waals surface area contributed by atoms with E-state index in [2.05, 4.69) is 22.1 Å². The monoisotopic (exact) mass is 309 g/mol. The minimum Gasteiger partial charge on any atom is -0.360 e. The van der Waals surface area contributed by atoms with Crippen LogP contribution in [0.5, 0.6) is 0 Å². The van der Waals surface area contributed by atoms with Crippen LogP contribution in [0.4, 0.5) is 5.13 Å². The molecule has 2 heterocycles. The number of thiazole rings is 1. The van der Waals surface area contributed by atoms with Crippen LogP contribution < -0.4 is 5.32 Å². The fraction of sp³-hybridized carbons (Fsp3) is 0.533. The van der Waals surface area contributed by atoms with Crippen LogP contribution in [0.1, 0.15) is 26.2 Å². The second-order valence-electron chi connectivity index (χ2n) is 5.46. The number of hydrogen-bond acceptors (Lipinski definition) is 4. The molecule has 5 heteroatoms. The predicted octanol–water partition coefficient (Wildman–Crippen LogP) is 4.24. The molecule has 1 aromatic carbocycles. The Morgan fingerprint density at radius 1 is 1.35 bits per heavy atom.